The number of hydrogen-bond acceptors (Lipinski definition) is 2. The second-order valence-corrected chi connectivity index (χ2v) is 4.88. The molecule has 20 heavy (non-hydrogen) atoms. The molecule has 2 aromatic rings. The van der Waals surface area contributed by atoms with Crippen molar-refractivity contribution in [3.8, 4) is 0 Å². The summed E-state index contributed by atoms with van der Waals surface area (Å²) in [5.41, 5.74) is 1.99. The van der Waals surface area contributed by atoms with Gasteiger partial charge in [0.2, 0.25) is 0 Å². The van der Waals surface area contributed by atoms with Gasteiger partial charge in [-0.2, -0.15) is 0 Å². The third kappa shape index (κ3) is 4.76. The van der Waals surface area contributed by atoms with Crippen LogP contribution in [-0.4, -0.2) is 18.3 Å². The molecule has 2 aromatic carbocycles. The molecule has 0 heterocycles. The van der Waals surface area contributed by atoms with Crippen molar-refractivity contribution in [2.24, 2.45) is 5.92 Å². The van der Waals surface area contributed by atoms with Crippen LogP contribution < -0.4 is 0 Å². The highest BCUT2D eigenvalue weighted by Crippen LogP contribution is 2.12. The minimum Gasteiger partial charge on any atom is -0.396 e. The first-order valence-corrected chi connectivity index (χ1v) is 6.75. The molecule has 0 amide bonds. The molecule has 0 aromatic heterocycles. The first kappa shape index (κ1) is 14.7. The maximum Gasteiger partial charge on any atom is 0.123 e. The van der Waals surface area contributed by atoms with Crippen molar-refractivity contribution in [1.29, 1.82) is 0 Å². The maximum atomic E-state index is 13.1. The monoisotopic (exact) mass is 274 g/mol. The topological polar surface area (TPSA) is 29.5 Å². The number of halogens is 1. The van der Waals surface area contributed by atoms with E-state index in [1.807, 2.05) is 36.4 Å². The van der Waals surface area contributed by atoms with Crippen molar-refractivity contribution in [2.45, 2.75) is 13.0 Å². The predicted molar refractivity (Wildman–Crippen MR) is 76.8 cm³/mol. The quantitative estimate of drug-likeness (QED) is 0.840. The van der Waals surface area contributed by atoms with E-state index in [1.54, 1.807) is 6.07 Å². The molecule has 1 N–H and O–H groups in total. The normalized spacial score (nSPS) is 12.3. The molecule has 0 fully saturated rings. The zero-order valence-corrected chi connectivity index (χ0v) is 11.3. The summed E-state index contributed by atoms with van der Waals surface area (Å²) in [6.45, 7) is 1.02. The number of aliphatic hydroxyl groups excluding tert-OH is 1. The molecule has 0 aliphatic heterocycles. The number of rotatable bonds is 7. The van der Waals surface area contributed by atoms with E-state index in [1.165, 1.54) is 12.1 Å². The molecule has 2 rings (SSSR count). The lowest BCUT2D eigenvalue weighted by Crippen LogP contribution is -2.16. The van der Waals surface area contributed by atoms with Gasteiger partial charge < -0.3 is 9.84 Å². The third-order valence-corrected chi connectivity index (χ3v) is 3.14. The molecule has 0 saturated heterocycles. The molecule has 2 nitrogen and oxygen atoms in total. The Kier molecular flexibility index (Phi) is 5.71. The van der Waals surface area contributed by atoms with Gasteiger partial charge in [0.15, 0.2) is 0 Å². The van der Waals surface area contributed by atoms with Crippen molar-refractivity contribution in [3.63, 3.8) is 0 Å². The van der Waals surface area contributed by atoms with Crippen LogP contribution in [0, 0.1) is 11.7 Å². The molecule has 1 unspecified atom stereocenters. The van der Waals surface area contributed by atoms with Gasteiger partial charge in [0.1, 0.15) is 5.82 Å². The van der Waals surface area contributed by atoms with E-state index >= 15 is 0 Å². The molecule has 0 radical (unpaired) electrons. The summed E-state index contributed by atoms with van der Waals surface area (Å²) in [6.07, 6.45) is 0.614. The van der Waals surface area contributed by atoms with Crippen LogP contribution in [0.25, 0.3) is 0 Å². The van der Waals surface area contributed by atoms with Crippen molar-refractivity contribution in [1.82, 2.24) is 0 Å². The SMILES string of the molecule is OCC(COCc1ccccc1)Cc1cccc(F)c1. The Morgan fingerprint density at radius 3 is 2.45 bits per heavy atom. The van der Waals surface area contributed by atoms with Gasteiger partial charge in [0.05, 0.1) is 13.2 Å². The Bertz CT molecular complexity index is 513. The fraction of sp³-hybridized carbons (Fsp3) is 0.294. The van der Waals surface area contributed by atoms with Gasteiger partial charge in [-0.25, -0.2) is 4.39 Å². The van der Waals surface area contributed by atoms with E-state index in [0.717, 1.165) is 11.1 Å². The standard InChI is InChI=1S/C17H19FO2/c18-17-8-4-7-15(10-17)9-16(11-19)13-20-12-14-5-2-1-3-6-14/h1-8,10,16,19H,9,11-13H2. The lowest BCUT2D eigenvalue weighted by molar-refractivity contribution is 0.0629. The number of ether oxygens (including phenoxy) is 1. The molecule has 0 aliphatic rings. The Labute approximate surface area is 118 Å². The van der Waals surface area contributed by atoms with Gasteiger partial charge in [-0.05, 0) is 29.7 Å². The van der Waals surface area contributed by atoms with E-state index in [0.29, 0.717) is 19.6 Å². The van der Waals surface area contributed by atoms with Crippen LogP contribution in [0.2, 0.25) is 0 Å². The largest absolute Gasteiger partial charge is 0.396 e. The van der Waals surface area contributed by atoms with Crippen LogP contribution in [0.5, 0.6) is 0 Å². The molecule has 0 saturated carbocycles. The highest BCUT2D eigenvalue weighted by Gasteiger charge is 2.09. The van der Waals surface area contributed by atoms with Crippen LogP contribution >= 0.6 is 0 Å². The second kappa shape index (κ2) is 7.78. The highest BCUT2D eigenvalue weighted by molar-refractivity contribution is 5.17. The molecule has 106 valence electrons. The van der Waals surface area contributed by atoms with Gasteiger partial charge in [-0.1, -0.05) is 42.5 Å². The Morgan fingerprint density at radius 2 is 1.75 bits per heavy atom. The highest BCUT2D eigenvalue weighted by atomic mass is 19.1. The zero-order valence-electron chi connectivity index (χ0n) is 11.3. The first-order chi connectivity index (χ1) is 9.78. The summed E-state index contributed by atoms with van der Waals surface area (Å²) in [7, 11) is 0. The van der Waals surface area contributed by atoms with E-state index in [-0.39, 0.29) is 18.3 Å². The van der Waals surface area contributed by atoms with Crippen LogP contribution in [0.15, 0.2) is 54.6 Å². The average Bonchev–Trinajstić information content (AvgIpc) is 2.47. The fourth-order valence-electron chi connectivity index (χ4n) is 2.09. The van der Waals surface area contributed by atoms with Crippen molar-refractivity contribution >= 4 is 0 Å². The van der Waals surface area contributed by atoms with E-state index < -0.39 is 0 Å². The molecule has 3 heteroatoms. The Hall–Kier alpha value is -1.71. The van der Waals surface area contributed by atoms with Gasteiger partial charge in [0, 0.05) is 12.5 Å². The summed E-state index contributed by atoms with van der Waals surface area (Å²) in [6, 6.07) is 16.4. The summed E-state index contributed by atoms with van der Waals surface area (Å²) < 4.78 is 18.7. The molecule has 0 spiro atoms. The van der Waals surface area contributed by atoms with Crippen LogP contribution in [0.3, 0.4) is 0 Å². The second-order valence-electron chi connectivity index (χ2n) is 4.88. The van der Waals surface area contributed by atoms with Crippen molar-refractivity contribution in [2.75, 3.05) is 13.2 Å². The lowest BCUT2D eigenvalue weighted by Gasteiger charge is -2.14. The minimum atomic E-state index is -0.246. The molecular weight excluding hydrogens is 255 g/mol. The van der Waals surface area contributed by atoms with Crippen LogP contribution in [-0.2, 0) is 17.8 Å². The smallest absolute Gasteiger partial charge is 0.123 e. The van der Waals surface area contributed by atoms with Gasteiger partial charge in [-0.15, -0.1) is 0 Å². The fourth-order valence-corrected chi connectivity index (χ4v) is 2.09. The lowest BCUT2D eigenvalue weighted by atomic mass is 10.0. The van der Waals surface area contributed by atoms with Crippen LogP contribution in [0.4, 0.5) is 4.39 Å². The first-order valence-electron chi connectivity index (χ1n) is 6.75. The third-order valence-electron chi connectivity index (χ3n) is 3.14. The number of hydrogen-bond donors (Lipinski definition) is 1. The Morgan fingerprint density at radius 1 is 1.00 bits per heavy atom. The summed E-state index contributed by atoms with van der Waals surface area (Å²) in [5.74, 6) is -0.259. The van der Waals surface area contributed by atoms with Gasteiger partial charge in [0.25, 0.3) is 0 Å². The molecule has 0 aliphatic carbocycles. The average molecular weight is 274 g/mol. The Balaban J connectivity index is 1.80. The van der Waals surface area contributed by atoms with E-state index in [9.17, 15) is 9.50 Å². The summed E-state index contributed by atoms with van der Waals surface area (Å²) in [5, 5.41) is 9.38. The molecular formula is C17H19FO2. The number of benzene rings is 2. The maximum absolute atomic E-state index is 13.1. The minimum absolute atomic E-state index is 0.0134. The summed E-state index contributed by atoms with van der Waals surface area (Å²) in [4.78, 5) is 0. The van der Waals surface area contributed by atoms with Gasteiger partial charge >= 0.3 is 0 Å². The van der Waals surface area contributed by atoms with Crippen molar-refractivity contribution < 1.29 is 14.2 Å². The van der Waals surface area contributed by atoms with Gasteiger partial charge in [-0.3, -0.25) is 0 Å². The summed E-state index contributed by atoms with van der Waals surface area (Å²) >= 11 is 0. The predicted octanol–water partition coefficient (Wildman–Crippen LogP) is 3.19. The molecule has 0 bridgehead atoms. The van der Waals surface area contributed by atoms with Crippen LogP contribution in [0.1, 0.15) is 11.1 Å². The van der Waals surface area contributed by atoms with Crippen molar-refractivity contribution in [3.05, 3.63) is 71.5 Å². The molecule has 1 atom stereocenters. The number of aliphatic hydroxyl groups is 1. The zero-order chi connectivity index (χ0) is 14.2. The van der Waals surface area contributed by atoms with E-state index in [2.05, 4.69) is 0 Å². The van der Waals surface area contributed by atoms with E-state index in [4.69, 9.17) is 4.74 Å².